The van der Waals surface area contributed by atoms with Gasteiger partial charge in [0.25, 0.3) is 5.91 Å². The molecule has 0 aromatic carbocycles. The second kappa shape index (κ2) is 7.12. The summed E-state index contributed by atoms with van der Waals surface area (Å²) in [6, 6.07) is 0.731. The van der Waals surface area contributed by atoms with Gasteiger partial charge in [-0.05, 0) is 19.8 Å². The molecule has 0 atom stereocenters. The largest absolute Gasteiger partial charge is 0.362 e. The number of amides is 1. The van der Waals surface area contributed by atoms with Crippen molar-refractivity contribution in [2.75, 3.05) is 45.2 Å². The Labute approximate surface area is 158 Å². The number of rotatable bonds is 3. The lowest BCUT2D eigenvalue weighted by molar-refractivity contribution is 0.0562. The van der Waals surface area contributed by atoms with Crippen LogP contribution in [-0.2, 0) is 0 Å². The highest BCUT2D eigenvalue weighted by Gasteiger charge is 2.29. The van der Waals surface area contributed by atoms with Crippen molar-refractivity contribution in [3.8, 4) is 0 Å². The van der Waals surface area contributed by atoms with Crippen LogP contribution in [0.2, 0.25) is 0 Å². The molecule has 3 heterocycles. The first-order chi connectivity index (χ1) is 12.5. The lowest BCUT2D eigenvalue weighted by Crippen LogP contribution is -2.51. The summed E-state index contributed by atoms with van der Waals surface area (Å²) in [6.45, 7) is 5.56. The maximum atomic E-state index is 13.0. The van der Waals surface area contributed by atoms with Crippen LogP contribution in [0.1, 0.15) is 41.2 Å². The fraction of sp³-hybridized carbons (Fsp3) is 0.632. The van der Waals surface area contributed by atoms with Crippen molar-refractivity contribution in [1.29, 1.82) is 0 Å². The van der Waals surface area contributed by atoms with Gasteiger partial charge >= 0.3 is 0 Å². The highest BCUT2D eigenvalue weighted by Crippen LogP contribution is 2.31. The molecule has 7 heteroatoms. The van der Waals surface area contributed by atoms with Gasteiger partial charge in [-0.15, -0.1) is 11.3 Å². The van der Waals surface area contributed by atoms with Crippen LogP contribution in [0.3, 0.4) is 0 Å². The minimum absolute atomic E-state index is 0.0371. The third-order valence-electron chi connectivity index (χ3n) is 5.67. The summed E-state index contributed by atoms with van der Waals surface area (Å²) in [6.07, 6.45) is 5.34. The van der Waals surface area contributed by atoms with E-state index in [1.165, 1.54) is 30.6 Å². The number of hydrogen-bond donors (Lipinski definition) is 0. The monoisotopic (exact) mass is 373 g/mol. The Morgan fingerprint density at radius 1 is 1.15 bits per heavy atom. The number of aromatic nitrogens is 2. The quantitative estimate of drug-likeness (QED) is 0.828. The Bertz CT molecular complexity index is 804. The number of fused-ring (bicyclic) bond motifs is 1. The van der Waals surface area contributed by atoms with Crippen molar-refractivity contribution in [3.05, 3.63) is 16.1 Å². The normalized spacial score (nSPS) is 19.4. The number of nitrogens with zero attached hydrogens (tertiary/aromatic N) is 5. The molecule has 0 unspecified atom stereocenters. The average Bonchev–Trinajstić information content (AvgIpc) is 3.31. The van der Waals surface area contributed by atoms with Gasteiger partial charge < -0.3 is 9.80 Å². The number of aryl methyl sites for hydroxylation is 1. The maximum Gasteiger partial charge on any atom is 0.291 e. The lowest BCUT2D eigenvalue weighted by atomic mass is 10.2. The second-order valence-electron chi connectivity index (χ2n) is 7.58. The van der Waals surface area contributed by atoms with E-state index in [9.17, 15) is 4.79 Å². The van der Waals surface area contributed by atoms with Crippen LogP contribution in [0.15, 0.2) is 5.38 Å². The molecular formula is C19H27N5OS. The highest BCUT2D eigenvalue weighted by molar-refractivity contribution is 7.11. The van der Waals surface area contributed by atoms with Crippen LogP contribution < -0.4 is 4.90 Å². The third kappa shape index (κ3) is 3.18. The van der Waals surface area contributed by atoms with Gasteiger partial charge in [-0.2, -0.15) is 0 Å². The predicted molar refractivity (Wildman–Crippen MR) is 106 cm³/mol. The fourth-order valence-electron chi connectivity index (χ4n) is 4.21. The molecule has 0 radical (unpaired) electrons. The zero-order valence-corrected chi connectivity index (χ0v) is 16.7. The molecule has 2 aromatic rings. The van der Waals surface area contributed by atoms with Crippen LogP contribution in [0.5, 0.6) is 0 Å². The van der Waals surface area contributed by atoms with Crippen LogP contribution >= 0.6 is 11.3 Å². The molecule has 140 valence electrons. The number of thiophene rings is 1. The number of hydrogen-bond acceptors (Lipinski definition) is 6. The molecule has 0 spiro atoms. The van der Waals surface area contributed by atoms with Crippen molar-refractivity contribution >= 4 is 34.0 Å². The number of carbonyl (C=O) groups excluding carboxylic acids is 1. The molecule has 1 saturated heterocycles. The number of anilines is 1. The van der Waals surface area contributed by atoms with Crippen molar-refractivity contribution in [3.63, 3.8) is 0 Å². The molecule has 0 N–H and O–H groups in total. The molecule has 1 saturated carbocycles. The van der Waals surface area contributed by atoms with E-state index in [1.807, 2.05) is 29.3 Å². The molecule has 0 bridgehead atoms. The summed E-state index contributed by atoms with van der Waals surface area (Å²) in [7, 11) is 3.93. The van der Waals surface area contributed by atoms with Crippen molar-refractivity contribution in [2.45, 2.75) is 38.6 Å². The predicted octanol–water partition coefficient (Wildman–Crippen LogP) is 2.77. The van der Waals surface area contributed by atoms with Crippen LogP contribution in [0.25, 0.3) is 10.9 Å². The maximum absolute atomic E-state index is 13.0. The van der Waals surface area contributed by atoms with E-state index in [2.05, 4.69) is 21.8 Å². The van der Waals surface area contributed by atoms with Gasteiger partial charge in [0, 0.05) is 56.6 Å². The lowest BCUT2D eigenvalue weighted by Gasteiger charge is -2.37. The zero-order valence-electron chi connectivity index (χ0n) is 15.9. The van der Waals surface area contributed by atoms with Crippen LogP contribution in [0.4, 0.5) is 5.82 Å². The highest BCUT2D eigenvalue weighted by atomic mass is 32.1. The van der Waals surface area contributed by atoms with Gasteiger partial charge in [0.05, 0.1) is 10.9 Å². The van der Waals surface area contributed by atoms with Crippen LogP contribution in [-0.4, -0.2) is 72.0 Å². The molecule has 1 amide bonds. The number of piperazine rings is 1. The molecule has 6 nitrogen and oxygen atoms in total. The molecule has 1 aliphatic heterocycles. The van der Waals surface area contributed by atoms with E-state index in [4.69, 9.17) is 0 Å². The summed E-state index contributed by atoms with van der Waals surface area (Å²) in [5.41, 5.74) is 0.874. The molecule has 2 aliphatic rings. The Morgan fingerprint density at radius 3 is 2.50 bits per heavy atom. The molecular weight excluding hydrogens is 346 g/mol. The summed E-state index contributed by atoms with van der Waals surface area (Å²) in [5.74, 6) is 1.12. The van der Waals surface area contributed by atoms with E-state index in [0.29, 0.717) is 5.82 Å². The minimum atomic E-state index is -0.0371. The van der Waals surface area contributed by atoms with Crippen molar-refractivity contribution < 1.29 is 4.79 Å². The summed E-state index contributed by atoms with van der Waals surface area (Å²) < 4.78 is 0. The SMILES string of the molecule is Cc1scc2nc(C(=O)N3CCN(C4CCCC4)CC3)nc(N(C)C)c12. The first-order valence-corrected chi connectivity index (χ1v) is 10.4. The Morgan fingerprint density at radius 2 is 1.85 bits per heavy atom. The van der Waals surface area contributed by atoms with E-state index < -0.39 is 0 Å². The van der Waals surface area contributed by atoms with Gasteiger partial charge in [-0.25, -0.2) is 9.97 Å². The molecule has 2 aromatic heterocycles. The van der Waals surface area contributed by atoms with Gasteiger partial charge in [-0.3, -0.25) is 9.69 Å². The first kappa shape index (κ1) is 17.7. The molecule has 1 aliphatic carbocycles. The molecule has 4 rings (SSSR count). The Kier molecular flexibility index (Phi) is 4.84. The van der Waals surface area contributed by atoms with E-state index >= 15 is 0 Å². The van der Waals surface area contributed by atoms with E-state index in [-0.39, 0.29) is 5.91 Å². The Hall–Kier alpha value is -1.73. The topological polar surface area (TPSA) is 52.6 Å². The second-order valence-corrected chi connectivity index (χ2v) is 8.67. The third-order valence-corrected chi connectivity index (χ3v) is 6.57. The van der Waals surface area contributed by atoms with Gasteiger partial charge in [0.15, 0.2) is 0 Å². The van der Waals surface area contributed by atoms with Gasteiger partial charge in [0.1, 0.15) is 5.82 Å². The van der Waals surface area contributed by atoms with Crippen molar-refractivity contribution in [1.82, 2.24) is 19.8 Å². The summed E-state index contributed by atoms with van der Waals surface area (Å²) in [4.78, 5) is 29.9. The standard InChI is InChI=1S/C19H27N5OS/c1-13-16-15(12-26-13)20-17(21-18(16)22(2)3)19(25)24-10-8-23(9-11-24)14-6-4-5-7-14/h12,14H,4-11H2,1-3H3. The van der Waals surface area contributed by atoms with E-state index in [0.717, 1.165) is 48.9 Å². The molecule has 26 heavy (non-hydrogen) atoms. The smallest absolute Gasteiger partial charge is 0.291 e. The summed E-state index contributed by atoms with van der Waals surface area (Å²) in [5, 5.41) is 3.08. The van der Waals surface area contributed by atoms with E-state index in [1.54, 1.807) is 11.3 Å². The average molecular weight is 374 g/mol. The van der Waals surface area contributed by atoms with Gasteiger partial charge in [0.2, 0.25) is 5.82 Å². The number of carbonyl (C=O) groups is 1. The zero-order chi connectivity index (χ0) is 18.3. The van der Waals surface area contributed by atoms with Gasteiger partial charge in [-0.1, -0.05) is 12.8 Å². The minimum Gasteiger partial charge on any atom is -0.362 e. The fourth-order valence-corrected chi connectivity index (χ4v) is 4.98. The molecule has 2 fully saturated rings. The van der Waals surface area contributed by atoms with Crippen molar-refractivity contribution in [2.24, 2.45) is 0 Å². The summed E-state index contributed by atoms with van der Waals surface area (Å²) >= 11 is 1.66. The van der Waals surface area contributed by atoms with Crippen LogP contribution in [0, 0.1) is 6.92 Å². The first-order valence-electron chi connectivity index (χ1n) is 9.51. The Balaban J connectivity index is 1.53.